The number of rotatable bonds is 6. The molecule has 1 aromatic heterocycles. The number of benzene rings is 1. The van der Waals surface area contributed by atoms with Gasteiger partial charge in [-0.1, -0.05) is 37.3 Å². The molecule has 1 aromatic carbocycles. The molecule has 2 rings (SSSR count). The fourth-order valence-corrected chi connectivity index (χ4v) is 2.63. The molecule has 5 nitrogen and oxygen atoms in total. The van der Waals surface area contributed by atoms with Crippen LogP contribution in [0, 0.1) is 0 Å². The average Bonchev–Trinajstić information content (AvgIpc) is 2.95. The van der Waals surface area contributed by atoms with E-state index in [0.29, 0.717) is 12.5 Å². The Hall–Kier alpha value is -2.14. The SMILES string of the molecule is CNC(C(=O)N(C)CC(C)c1ccccc1)c1cnn(C)c1. The van der Waals surface area contributed by atoms with E-state index in [4.69, 9.17) is 0 Å². The Labute approximate surface area is 131 Å². The van der Waals surface area contributed by atoms with Crippen molar-refractivity contribution in [2.24, 2.45) is 7.05 Å². The smallest absolute Gasteiger partial charge is 0.244 e. The summed E-state index contributed by atoms with van der Waals surface area (Å²) >= 11 is 0. The van der Waals surface area contributed by atoms with Crippen LogP contribution in [-0.2, 0) is 11.8 Å². The summed E-state index contributed by atoms with van der Waals surface area (Å²) in [6.45, 7) is 2.82. The summed E-state index contributed by atoms with van der Waals surface area (Å²) in [5.74, 6) is 0.347. The van der Waals surface area contributed by atoms with Gasteiger partial charge in [-0.15, -0.1) is 0 Å². The van der Waals surface area contributed by atoms with Crippen molar-refractivity contribution < 1.29 is 4.79 Å². The number of carbonyl (C=O) groups is 1. The molecular formula is C17H24N4O. The number of carbonyl (C=O) groups excluding carboxylic acids is 1. The maximum absolute atomic E-state index is 12.7. The highest BCUT2D eigenvalue weighted by Crippen LogP contribution is 2.19. The zero-order valence-corrected chi connectivity index (χ0v) is 13.7. The molecule has 1 N–H and O–H groups in total. The molecule has 22 heavy (non-hydrogen) atoms. The molecule has 0 aliphatic carbocycles. The van der Waals surface area contributed by atoms with E-state index >= 15 is 0 Å². The predicted molar refractivity (Wildman–Crippen MR) is 87.5 cm³/mol. The summed E-state index contributed by atoms with van der Waals surface area (Å²) in [5.41, 5.74) is 2.12. The monoisotopic (exact) mass is 300 g/mol. The largest absolute Gasteiger partial charge is 0.344 e. The summed E-state index contributed by atoms with van der Waals surface area (Å²) in [6.07, 6.45) is 3.60. The lowest BCUT2D eigenvalue weighted by Gasteiger charge is -2.26. The number of hydrogen-bond acceptors (Lipinski definition) is 3. The van der Waals surface area contributed by atoms with E-state index in [2.05, 4.69) is 29.5 Å². The molecule has 0 aliphatic heterocycles. The number of amides is 1. The highest BCUT2D eigenvalue weighted by Gasteiger charge is 2.24. The van der Waals surface area contributed by atoms with Crippen LogP contribution < -0.4 is 5.32 Å². The van der Waals surface area contributed by atoms with E-state index in [0.717, 1.165) is 5.56 Å². The molecule has 0 aliphatic rings. The zero-order chi connectivity index (χ0) is 16.1. The Kier molecular flexibility index (Phi) is 5.33. The standard InChI is InChI=1S/C17H24N4O/c1-13(14-8-6-5-7-9-14)11-20(3)17(22)16(18-2)15-10-19-21(4)12-15/h5-10,12-13,16,18H,11H2,1-4H3. The normalized spacial score (nSPS) is 13.6. The van der Waals surface area contributed by atoms with Crippen molar-refractivity contribution >= 4 is 5.91 Å². The lowest BCUT2D eigenvalue weighted by atomic mass is 10.0. The van der Waals surface area contributed by atoms with Crippen molar-refractivity contribution in [1.82, 2.24) is 20.0 Å². The van der Waals surface area contributed by atoms with Crippen molar-refractivity contribution in [2.75, 3.05) is 20.6 Å². The summed E-state index contributed by atoms with van der Waals surface area (Å²) in [7, 11) is 5.49. The van der Waals surface area contributed by atoms with E-state index in [1.165, 1.54) is 5.56 Å². The molecular weight excluding hydrogens is 276 g/mol. The Morgan fingerprint density at radius 1 is 1.32 bits per heavy atom. The second kappa shape index (κ2) is 7.22. The van der Waals surface area contributed by atoms with E-state index in [-0.39, 0.29) is 11.9 Å². The van der Waals surface area contributed by atoms with Gasteiger partial charge in [-0.2, -0.15) is 5.10 Å². The van der Waals surface area contributed by atoms with Gasteiger partial charge in [-0.25, -0.2) is 0 Å². The fourth-order valence-electron chi connectivity index (χ4n) is 2.63. The van der Waals surface area contributed by atoms with Gasteiger partial charge in [0.25, 0.3) is 0 Å². The molecule has 5 heteroatoms. The van der Waals surface area contributed by atoms with Crippen LogP contribution in [-0.4, -0.2) is 41.2 Å². The van der Waals surface area contributed by atoms with Crippen LogP contribution in [0.4, 0.5) is 0 Å². The van der Waals surface area contributed by atoms with Gasteiger partial charge in [-0.05, 0) is 18.5 Å². The lowest BCUT2D eigenvalue weighted by molar-refractivity contribution is -0.132. The summed E-state index contributed by atoms with van der Waals surface area (Å²) in [6, 6.07) is 9.89. The molecule has 1 amide bonds. The minimum absolute atomic E-state index is 0.0540. The summed E-state index contributed by atoms with van der Waals surface area (Å²) in [4.78, 5) is 14.5. The first-order valence-corrected chi connectivity index (χ1v) is 7.48. The first kappa shape index (κ1) is 16.2. The molecule has 0 radical (unpaired) electrons. The minimum Gasteiger partial charge on any atom is -0.344 e. The van der Waals surface area contributed by atoms with Gasteiger partial charge >= 0.3 is 0 Å². The fraction of sp³-hybridized carbons (Fsp3) is 0.412. The van der Waals surface area contributed by atoms with Crippen LogP contribution in [0.25, 0.3) is 0 Å². The highest BCUT2D eigenvalue weighted by molar-refractivity contribution is 5.83. The Morgan fingerprint density at radius 3 is 2.55 bits per heavy atom. The maximum atomic E-state index is 12.7. The van der Waals surface area contributed by atoms with Crippen molar-refractivity contribution in [2.45, 2.75) is 18.9 Å². The minimum atomic E-state index is -0.360. The van der Waals surface area contributed by atoms with Crippen molar-refractivity contribution in [3.63, 3.8) is 0 Å². The average molecular weight is 300 g/mol. The maximum Gasteiger partial charge on any atom is 0.244 e. The van der Waals surface area contributed by atoms with E-state index in [1.54, 1.807) is 22.8 Å². The predicted octanol–water partition coefficient (Wildman–Crippen LogP) is 1.94. The number of aryl methyl sites for hydroxylation is 1. The Balaban J connectivity index is 2.04. The van der Waals surface area contributed by atoms with Gasteiger partial charge in [0.15, 0.2) is 0 Å². The number of hydrogen-bond donors (Lipinski definition) is 1. The van der Waals surface area contributed by atoms with Gasteiger partial charge in [-0.3, -0.25) is 9.48 Å². The van der Waals surface area contributed by atoms with Gasteiger partial charge < -0.3 is 10.2 Å². The Bertz CT molecular complexity index is 608. The molecule has 0 saturated carbocycles. The second-order valence-electron chi connectivity index (χ2n) is 5.70. The highest BCUT2D eigenvalue weighted by atomic mass is 16.2. The van der Waals surface area contributed by atoms with E-state index in [9.17, 15) is 4.79 Å². The second-order valence-corrected chi connectivity index (χ2v) is 5.70. The third-order valence-corrected chi connectivity index (χ3v) is 3.89. The molecule has 0 saturated heterocycles. The number of nitrogens with zero attached hydrogens (tertiary/aromatic N) is 3. The van der Waals surface area contributed by atoms with Gasteiger partial charge in [0, 0.05) is 32.4 Å². The van der Waals surface area contributed by atoms with Gasteiger partial charge in [0.2, 0.25) is 5.91 Å². The molecule has 2 unspecified atom stereocenters. The van der Waals surface area contributed by atoms with Crippen LogP contribution in [0.2, 0.25) is 0 Å². The summed E-state index contributed by atoms with van der Waals surface area (Å²) in [5, 5.41) is 7.22. The van der Waals surface area contributed by atoms with Crippen molar-refractivity contribution in [3.05, 3.63) is 53.9 Å². The number of nitrogens with one attached hydrogen (secondary N) is 1. The molecule has 0 spiro atoms. The molecule has 1 heterocycles. The van der Waals surface area contributed by atoms with Gasteiger partial charge in [0.1, 0.15) is 6.04 Å². The number of likely N-dealkylation sites (N-methyl/N-ethyl adjacent to an activating group) is 2. The third kappa shape index (κ3) is 3.74. The van der Waals surface area contributed by atoms with Crippen LogP contribution in [0.1, 0.15) is 30.0 Å². The van der Waals surface area contributed by atoms with Crippen LogP contribution in [0.3, 0.4) is 0 Å². The van der Waals surface area contributed by atoms with Crippen molar-refractivity contribution in [3.8, 4) is 0 Å². The van der Waals surface area contributed by atoms with Crippen LogP contribution in [0.15, 0.2) is 42.7 Å². The van der Waals surface area contributed by atoms with Crippen LogP contribution >= 0.6 is 0 Å². The van der Waals surface area contributed by atoms with E-state index in [1.807, 2.05) is 38.5 Å². The van der Waals surface area contributed by atoms with Gasteiger partial charge in [0.05, 0.1) is 6.20 Å². The molecule has 2 atom stereocenters. The Morgan fingerprint density at radius 2 is 2.00 bits per heavy atom. The zero-order valence-electron chi connectivity index (χ0n) is 13.7. The topological polar surface area (TPSA) is 50.2 Å². The van der Waals surface area contributed by atoms with E-state index < -0.39 is 0 Å². The molecule has 0 fully saturated rings. The van der Waals surface area contributed by atoms with Crippen LogP contribution in [0.5, 0.6) is 0 Å². The summed E-state index contributed by atoms with van der Waals surface area (Å²) < 4.78 is 1.71. The third-order valence-electron chi connectivity index (χ3n) is 3.89. The first-order valence-electron chi connectivity index (χ1n) is 7.48. The first-order chi connectivity index (χ1) is 10.5. The number of aromatic nitrogens is 2. The molecule has 2 aromatic rings. The quantitative estimate of drug-likeness (QED) is 0.887. The molecule has 0 bridgehead atoms. The molecule has 118 valence electrons. The van der Waals surface area contributed by atoms with Crippen molar-refractivity contribution in [1.29, 1.82) is 0 Å². The lowest BCUT2D eigenvalue weighted by Crippen LogP contribution is -2.39.